The van der Waals surface area contributed by atoms with Crippen molar-refractivity contribution in [3.63, 3.8) is 0 Å². The van der Waals surface area contributed by atoms with Crippen molar-refractivity contribution in [1.29, 1.82) is 0 Å². The molecule has 0 saturated carbocycles. The predicted molar refractivity (Wildman–Crippen MR) is 71.9 cm³/mol. The molecule has 1 nitrogen and oxygen atoms in total. The Balaban J connectivity index is 2.23. The molecular formula is C13H12BrFOS. The van der Waals surface area contributed by atoms with E-state index in [-0.39, 0.29) is 18.3 Å². The summed E-state index contributed by atoms with van der Waals surface area (Å²) in [6.07, 6.45) is 0.648. The van der Waals surface area contributed by atoms with Crippen LogP contribution in [0.3, 0.4) is 0 Å². The van der Waals surface area contributed by atoms with E-state index < -0.39 is 0 Å². The lowest BCUT2D eigenvalue weighted by Crippen LogP contribution is -2.09. The van der Waals surface area contributed by atoms with Gasteiger partial charge in [-0.1, -0.05) is 18.2 Å². The zero-order chi connectivity index (χ0) is 12.3. The molecule has 2 rings (SSSR count). The van der Waals surface area contributed by atoms with Crippen molar-refractivity contribution in [1.82, 2.24) is 0 Å². The maximum Gasteiger partial charge on any atom is 0.126 e. The Morgan fingerprint density at radius 2 is 2.06 bits per heavy atom. The lowest BCUT2D eigenvalue weighted by atomic mass is 9.95. The van der Waals surface area contributed by atoms with Crippen LogP contribution in [0, 0.1) is 5.82 Å². The molecule has 17 heavy (non-hydrogen) atoms. The quantitative estimate of drug-likeness (QED) is 0.905. The number of benzene rings is 1. The molecule has 1 aromatic carbocycles. The molecule has 1 heterocycles. The number of thiophene rings is 1. The highest BCUT2D eigenvalue weighted by atomic mass is 79.9. The van der Waals surface area contributed by atoms with Gasteiger partial charge in [-0.15, -0.1) is 11.3 Å². The first-order valence-corrected chi connectivity index (χ1v) is 6.96. The van der Waals surface area contributed by atoms with Crippen LogP contribution in [-0.2, 0) is 6.42 Å². The third-order valence-corrected chi connectivity index (χ3v) is 4.64. The highest BCUT2D eigenvalue weighted by Gasteiger charge is 2.17. The summed E-state index contributed by atoms with van der Waals surface area (Å²) in [5.41, 5.74) is 0.579. The van der Waals surface area contributed by atoms with Crippen molar-refractivity contribution in [2.75, 3.05) is 6.61 Å². The number of hydrogen-bond acceptors (Lipinski definition) is 2. The van der Waals surface area contributed by atoms with Crippen LogP contribution >= 0.6 is 27.3 Å². The van der Waals surface area contributed by atoms with Crippen LogP contribution in [0.5, 0.6) is 0 Å². The van der Waals surface area contributed by atoms with Gasteiger partial charge in [0.2, 0.25) is 0 Å². The van der Waals surface area contributed by atoms with Crippen molar-refractivity contribution < 1.29 is 9.50 Å². The Bertz CT molecular complexity index is 498. The second-order valence-corrected chi connectivity index (χ2v) is 5.65. The number of rotatable bonds is 4. The van der Waals surface area contributed by atoms with Crippen LogP contribution in [0.4, 0.5) is 4.39 Å². The number of hydrogen-bond donors (Lipinski definition) is 1. The molecule has 4 heteroatoms. The Morgan fingerprint density at radius 1 is 1.29 bits per heavy atom. The first-order valence-electron chi connectivity index (χ1n) is 5.29. The van der Waals surface area contributed by atoms with Gasteiger partial charge in [0.25, 0.3) is 0 Å². The van der Waals surface area contributed by atoms with Gasteiger partial charge in [0.05, 0.1) is 6.61 Å². The molecule has 0 amide bonds. The Morgan fingerprint density at radius 3 is 2.65 bits per heavy atom. The van der Waals surface area contributed by atoms with E-state index in [4.69, 9.17) is 0 Å². The molecule has 1 aromatic heterocycles. The summed E-state index contributed by atoms with van der Waals surface area (Å²) in [7, 11) is 0. The van der Waals surface area contributed by atoms with Crippen LogP contribution in [0.25, 0.3) is 0 Å². The molecule has 1 N–H and O–H groups in total. The summed E-state index contributed by atoms with van der Waals surface area (Å²) < 4.78 is 14.7. The van der Waals surface area contributed by atoms with Crippen LogP contribution in [0.2, 0.25) is 0 Å². The molecular weight excluding hydrogens is 303 g/mol. The highest BCUT2D eigenvalue weighted by molar-refractivity contribution is 9.10. The maximum atomic E-state index is 13.6. The monoisotopic (exact) mass is 314 g/mol. The zero-order valence-corrected chi connectivity index (χ0v) is 11.5. The predicted octanol–water partition coefficient (Wildman–Crippen LogP) is 3.97. The van der Waals surface area contributed by atoms with E-state index in [0.717, 1.165) is 9.35 Å². The number of halogens is 2. The minimum Gasteiger partial charge on any atom is -0.396 e. The lowest BCUT2D eigenvalue weighted by Gasteiger charge is -2.14. The maximum absolute atomic E-state index is 13.6. The first kappa shape index (κ1) is 12.7. The van der Waals surface area contributed by atoms with E-state index in [1.807, 2.05) is 11.4 Å². The fourth-order valence-corrected chi connectivity index (χ4v) is 3.37. The van der Waals surface area contributed by atoms with Gasteiger partial charge in [-0.3, -0.25) is 0 Å². The molecule has 0 aliphatic heterocycles. The Hall–Kier alpha value is -0.710. The van der Waals surface area contributed by atoms with Gasteiger partial charge >= 0.3 is 0 Å². The van der Waals surface area contributed by atoms with Crippen LogP contribution in [0.15, 0.2) is 40.2 Å². The number of aliphatic hydroxyl groups is 1. The smallest absolute Gasteiger partial charge is 0.126 e. The summed E-state index contributed by atoms with van der Waals surface area (Å²) in [4.78, 5) is 1.13. The van der Waals surface area contributed by atoms with Gasteiger partial charge in [-0.25, -0.2) is 4.39 Å². The average Bonchev–Trinajstić information content (AvgIpc) is 2.73. The van der Waals surface area contributed by atoms with Gasteiger partial charge in [0.15, 0.2) is 0 Å². The second kappa shape index (κ2) is 5.76. The summed E-state index contributed by atoms with van der Waals surface area (Å²) in [5.74, 6) is -0.439. The summed E-state index contributed by atoms with van der Waals surface area (Å²) >= 11 is 5.06. The van der Waals surface area contributed by atoms with E-state index >= 15 is 0 Å². The van der Waals surface area contributed by atoms with Gasteiger partial charge in [-0.05, 0) is 45.4 Å². The van der Waals surface area contributed by atoms with Gasteiger partial charge in [0.1, 0.15) is 5.82 Å². The molecule has 0 aliphatic rings. The van der Waals surface area contributed by atoms with E-state index in [9.17, 15) is 9.50 Å². The van der Waals surface area contributed by atoms with E-state index in [0.29, 0.717) is 12.0 Å². The summed E-state index contributed by atoms with van der Waals surface area (Å²) in [6.45, 7) is -0.0503. The second-order valence-electron chi connectivity index (χ2n) is 3.80. The largest absolute Gasteiger partial charge is 0.396 e. The standard InChI is InChI=1S/C13H12BrFOS/c14-11-5-6-17-13(11)7-9(8-16)10-3-1-2-4-12(10)15/h1-6,9,16H,7-8H2. The summed E-state index contributed by atoms with van der Waals surface area (Å²) in [5, 5.41) is 11.4. The molecule has 0 bridgehead atoms. The zero-order valence-electron chi connectivity index (χ0n) is 9.07. The third kappa shape index (κ3) is 2.94. The minimum absolute atomic E-state index is 0.0503. The van der Waals surface area contributed by atoms with Crippen LogP contribution < -0.4 is 0 Å². The average molecular weight is 315 g/mol. The molecule has 0 radical (unpaired) electrons. The topological polar surface area (TPSA) is 20.2 Å². The van der Waals surface area contributed by atoms with Crippen molar-refractivity contribution in [3.05, 3.63) is 56.4 Å². The molecule has 0 aliphatic carbocycles. The molecule has 1 atom stereocenters. The molecule has 0 saturated heterocycles. The first-order chi connectivity index (χ1) is 8.22. The van der Waals surface area contributed by atoms with E-state index in [1.54, 1.807) is 29.5 Å². The lowest BCUT2D eigenvalue weighted by molar-refractivity contribution is 0.262. The fraction of sp³-hybridized carbons (Fsp3) is 0.231. The van der Waals surface area contributed by atoms with Gasteiger partial charge in [-0.2, -0.15) is 0 Å². The van der Waals surface area contributed by atoms with E-state index in [1.165, 1.54) is 6.07 Å². The normalized spacial score (nSPS) is 12.6. The molecule has 2 aromatic rings. The van der Waals surface area contributed by atoms with Gasteiger partial charge in [0, 0.05) is 15.3 Å². The summed E-state index contributed by atoms with van der Waals surface area (Å²) in [6, 6.07) is 8.59. The Labute approximate surface area is 112 Å². The van der Waals surface area contributed by atoms with Crippen molar-refractivity contribution in [2.24, 2.45) is 0 Å². The Kier molecular flexibility index (Phi) is 4.31. The minimum atomic E-state index is -0.251. The number of aliphatic hydroxyl groups excluding tert-OH is 1. The SMILES string of the molecule is OCC(Cc1sccc1Br)c1ccccc1F. The highest BCUT2D eigenvalue weighted by Crippen LogP contribution is 2.30. The fourth-order valence-electron chi connectivity index (χ4n) is 1.77. The van der Waals surface area contributed by atoms with E-state index in [2.05, 4.69) is 15.9 Å². The van der Waals surface area contributed by atoms with Gasteiger partial charge < -0.3 is 5.11 Å². The third-order valence-electron chi connectivity index (χ3n) is 2.69. The molecule has 1 unspecified atom stereocenters. The van der Waals surface area contributed by atoms with Crippen molar-refractivity contribution >= 4 is 27.3 Å². The molecule has 90 valence electrons. The van der Waals surface area contributed by atoms with Crippen LogP contribution in [-0.4, -0.2) is 11.7 Å². The molecule has 0 fully saturated rings. The molecule has 0 spiro atoms. The van der Waals surface area contributed by atoms with Crippen molar-refractivity contribution in [3.8, 4) is 0 Å². The van der Waals surface area contributed by atoms with Crippen molar-refractivity contribution in [2.45, 2.75) is 12.3 Å². The van der Waals surface area contributed by atoms with Crippen LogP contribution in [0.1, 0.15) is 16.4 Å².